The van der Waals surface area contributed by atoms with Crippen molar-refractivity contribution >= 4 is 23.7 Å². The lowest BCUT2D eigenvalue weighted by Gasteiger charge is -2.06. The largest absolute Gasteiger partial charge is 0.368 e. The van der Waals surface area contributed by atoms with Gasteiger partial charge in [-0.05, 0) is 22.8 Å². The van der Waals surface area contributed by atoms with Gasteiger partial charge in [-0.25, -0.2) is 0 Å². The number of hydrogen-bond acceptors (Lipinski definition) is 7. The normalized spacial score (nSPS) is 10.4. The van der Waals surface area contributed by atoms with Crippen LogP contribution in [-0.4, -0.2) is 15.0 Å². The van der Waals surface area contributed by atoms with Crippen molar-refractivity contribution in [2.45, 2.75) is 11.5 Å². The number of hydrogen-bond donors (Lipinski definition) is 2. The average Bonchev–Trinajstić information content (AvgIpc) is 2.61. The Labute approximate surface area is 149 Å². The van der Waals surface area contributed by atoms with E-state index in [9.17, 15) is 5.26 Å². The molecule has 124 valence electrons. The van der Waals surface area contributed by atoms with Crippen molar-refractivity contribution in [2.24, 2.45) is 0 Å². The van der Waals surface area contributed by atoms with Crippen LogP contribution in [0.5, 0.6) is 0 Å². The van der Waals surface area contributed by atoms with Gasteiger partial charge in [0, 0.05) is 5.75 Å². The van der Waals surface area contributed by atoms with Gasteiger partial charge in [0.15, 0.2) is 0 Å². The minimum absolute atomic E-state index is 0.142. The lowest BCUT2D eigenvalue weighted by Crippen LogP contribution is -2.06. The Bertz CT molecular complexity index is 897. The SMILES string of the molecule is N#Cc1ccccc1-c1ccc(CSCc2nc(N)nc(N)n2)cc1. The van der Waals surface area contributed by atoms with Gasteiger partial charge >= 0.3 is 0 Å². The van der Waals surface area contributed by atoms with Gasteiger partial charge in [-0.15, -0.1) is 11.8 Å². The standard InChI is InChI=1S/C18H16N6S/c19-9-14-3-1-2-4-15(14)13-7-5-12(6-8-13)10-25-11-16-22-17(20)24-18(21)23-16/h1-8H,10-11H2,(H4,20,21,22,23,24). The second-order valence-corrected chi connectivity index (χ2v) is 6.30. The summed E-state index contributed by atoms with van der Waals surface area (Å²) in [6.45, 7) is 0. The first kappa shape index (κ1) is 16.7. The van der Waals surface area contributed by atoms with Crippen LogP contribution in [0.25, 0.3) is 11.1 Å². The number of nitrogen functional groups attached to an aromatic ring is 2. The Morgan fingerprint density at radius 1 is 0.880 bits per heavy atom. The number of rotatable bonds is 5. The predicted molar refractivity (Wildman–Crippen MR) is 100 cm³/mol. The van der Waals surface area contributed by atoms with Crippen molar-refractivity contribution in [1.82, 2.24) is 15.0 Å². The van der Waals surface area contributed by atoms with E-state index in [1.54, 1.807) is 11.8 Å². The Hall–Kier alpha value is -3.11. The lowest BCUT2D eigenvalue weighted by atomic mass is 10.00. The van der Waals surface area contributed by atoms with Crippen molar-refractivity contribution in [3.05, 3.63) is 65.5 Å². The second-order valence-electron chi connectivity index (χ2n) is 5.32. The molecule has 0 aliphatic heterocycles. The molecule has 25 heavy (non-hydrogen) atoms. The molecule has 3 rings (SSSR count). The zero-order valence-electron chi connectivity index (χ0n) is 13.4. The number of nitrogens with two attached hydrogens (primary N) is 2. The van der Waals surface area contributed by atoms with E-state index in [0.717, 1.165) is 16.9 Å². The molecule has 0 amide bonds. The van der Waals surface area contributed by atoms with Gasteiger partial charge in [-0.2, -0.15) is 20.2 Å². The molecule has 0 spiro atoms. The van der Waals surface area contributed by atoms with Crippen LogP contribution in [0.4, 0.5) is 11.9 Å². The van der Waals surface area contributed by atoms with Gasteiger partial charge in [0.25, 0.3) is 0 Å². The number of benzene rings is 2. The first-order valence-electron chi connectivity index (χ1n) is 7.58. The first-order chi connectivity index (χ1) is 12.2. The summed E-state index contributed by atoms with van der Waals surface area (Å²) < 4.78 is 0. The van der Waals surface area contributed by atoms with Crippen LogP contribution in [0, 0.1) is 11.3 Å². The number of aromatic nitrogens is 3. The molecule has 0 fully saturated rings. The van der Waals surface area contributed by atoms with E-state index in [1.807, 2.05) is 36.4 Å². The molecule has 4 N–H and O–H groups in total. The van der Waals surface area contributed by atoms with Crippen molar-refractivity contribution in [1.29, 1.82) is 5.26 Å². The average molecular weight is 348 g/mol. The molecular formula is C18H16N6S. The van der Waals surface area contributed by atoms with E-state index >= 15 is 0 Å². The van der Waals surface area contributed by atoms with Crippen LogP contribution in [-0.2, 0) is 11.5 Å². The van der Waals surface area contributed by atoms with Gasteiger partial charge in [0.1, 0.15) is 5.82 Å². The summed E-state index contributed by atoms with van der Waals surface area (Å²) in [5, 5.41) is 9.21. The van der Waals surface area contributed by atoms with Gasteiger partial charge in [-0.3, -0.25) is 0 Å². The third-order valence-corrected chi connectivity index (χ3v) is 4.53. The molecular weight excluding hydrogens is 332 g/mol. The molecule has 0 aliphatic carbocycles. The van der Waals surface area contributed by atoms with Crippen molar-refractivity contribution in [3.8, 4) is 17.2 Å². The highest BCUT2D eigenvalue weighted by Crippen LogP contribution is 2.25. The summed E-state index contributed by atoms with van der Waals surface area (Å²) >= 11 is 1.67. The minimum atomic E-state index is 0.142. The van der Waals surface area contributed by atoms with Gasteiger partial charge in [0.2, 0.25) is 11.9 Å². The quantitative estimate of drug-likeness (QED) is 0.728. The first-order valence-corrected chi connectivity index (χ1v) is 8.73. The molecule has 1 heterocycles. The van der Waals surface area contributed by atoms with Crippen LogP contribution < -0.4 is 11.5 Å². The van der Waals surface area contributed by atoms with Crippen molar-refractivity contribution < 1.29 is 0 Å². The van der Waals surface area contributed by atoms with E-state index < -0.39 is 0 Å². The third-order valence-electron chi connectivity index (χ3n) is 3.53. The summed E-state index contributed by atoms with van der Waals surface area (Å²) in [6, 6.07) is 18.0. The maximum Gasteiger partial charge on any atom is 0.225 e. The van der Waals surface area contributed by atoms with Gasteiger partial charge in [-0.1, -0.05) is 42.5 Å². The van der Waals surface area contributed by atoms with E-state index in [0.29, 0.717) is 17.1 Å². The van der Waals surface area contributed by atoms with Gasteiger partial charge < -0.3 is 11.5 Å². The Morgan fingerprint density at radius 3 is 2.24 bits per heavy atom. The number of anilines is 2. The predicted octanol–water partition coefficient (Wildman–Crippen LogP) is 3.01. The number of thioether (sulfide) groups is 1. The summed E-state index contributed by atoms with van der Waals surface area (Å²) in [5.41, 5.74) is 15.0. The highest BCUT2D eigenvalue weighted by molar-refractivity contribution is 7.97. The van der Waals surface area contributed by atoms with E-state index in [2.05, 4.69) is 33.2 Å². The molecule has 1 aromatic heterocycles. The van der Waals surface area contributed by atoms with Crippen LogP contribution in [0.2, 0.25) is 0 Å². The summed E-state index contributed by atoms with van der Waals surface area (Å²) in [7, 11) is 0. The third kappa shape index (κ3) is 4.25. The monoisotopic (exact) mass is 348 g/mol. The van der Waals surface area contributed by atoms with E-state index in [-0.39, 0.29) is 11.9 Å². The summed E-state index contributed by atoms with van der Waals surface area (Å²) in [5.74, 6) is 2.28. The highest BCUT2D eigenvalue weighted by Gasteiger charge is 2.05. The van der Waals surface area contributed by atoms with Gasteiger partial charge in [0.05, 0.1) is 17.4 Å². The molecule has 6 nitrogen and oxygen atoms in total. The molecule has 0 saturated heterocycles. The zero-order valence-corrected chi connectivity index (χ0v) is 14.2. The maximum atomic E-state index is 9.21. The highest BCUT2D eigenvalue weighted by atomic mass is 32.2. The van der Waals surface area contributed by atoms with E-state index in [4.69, 9.17) is 11.5 Å². The molecule has 0 atom stereocenters. The molecule has 0 unspecified atom stereocenters. The minimum Gasteiger partial charge on any atom is -0.368 e. The van der Waals surface area contributed by atoms with Crippen LogP contribution in [0.3, 0.4) is 0 Å². The smallest absolute Gasteiger partial charge is 0.225 e. The fourth-order valence-corrected chi connectivity index (χ4v) is 3.24. The Balaban J connectivity index is 1.64. The molecule has 7 heteroatoms. The second kappa shape index (κ2) is 7.64. The van der Waals surface area contributed by atoms with Crippen molar-refractivity contribution in [2.75, 3.05) is 11.5 Å². The summed E-state index contributed by atoms with van der Waals surface area (Å²) in [4.78, 5) is 11.9. The summed E-state index contributed by atoms with van der Waals surface area (Å²) in [6.07, 6.45) is 0. The van der Waals surface area contributed by atoms with Crippen LogP contribution in [0.15, 0.2) is 48.5 Å². The Kier molecular flexibility index (Phi) is 5.11. The fourth-order valence-electron chi connectivity index (χ4n) is 2.39. The van der Waals surface area contributed by atoms with Crippen LogP contribution >= 0.6 is 11.8 Å². The molecule has 0 radical (unpaired) electrons. The van der Waals surface area contributed by atoms with Crippen molar-refractivity contribution in [3.63, 3.8) is 0 Å². The Morgan fingerprint density at radius 2 is 1.56 bits per heavy atom. The molecule has 0 saturated carbocycles. The zero-order chi connectivity index (χ0) is 17.6. The number of nitrogens with zero attached hydrogens (tertiary/aromatic N) is 4. The lowest BCUT2D eigenvalue weighted by molar-refractivity contribution is 0.987. The fraction of sp³-hybridized carbons (Fsp3) is 0.111. The molecule has 0 bridgehead atoms. The molecule has 0 aliphatic rings. The van der Waals surface area contributed by atoms with E-state index in [1.165, 1.54) is 5.56 Å². The van der Waals surface area contributed by atoms with Crippen LogP contribution in [0.1, 0.15) is 17.0 Å². The maximum absolute atomic E-state index is 9.21. The molecule has 3 aromatic rings. The number of nitriles is 1. The topological polar surface area (TPSA) is 114 Å². The molecule has 2 aromatic carbocycles.